The van der Waals surface area contributed by atoms with Crippen LogP contribution in [-0.2, 0) is 11.3 Å². The van der Waals surface area contributed by atoms with Crippen LogP contribution < -0.4 is 5.32 Å². The summed E-state index contributed by atoms with van der Waals surface area (Å²) in [6.07, 6.45) is 6.20. The number of amides is 1. The predicted octanol–water partition coefficient (Wildman–Crippen LogP) is 2.33. The monoisotopic (exact) mass is 313 g/mol. The van der Waals surface area contributed by atoms with Crippen LogP contribution in [0.5, 0.6) is 0 Å². The minimum Gasteiger partial charge on any atom is -0.394 e. The van der Waals surface area contributed by atoms with Gasteiger partial charge < -0.3 is 15.0 Å². The first-order valence-electron chi connectivity index (χ1n) is 8.58. The van der Waals surface area contributed by atoms with E-state index in [-0.39, 0.29) is 19.1 Å². The van der Waals surface area contributed by atoms with Crippen LogP contribution in [0.1, 0.15) is 50.3 Å². The normalized spacial score (nSPS) is 20.0. The van der Waals surface area contributed by atoms with Gasteiger partial charge in [0.15, 0.2) is 0 Å². The van der Waals surface area contributed by atoms with E-state index >= 15 is 0 Å². The molecule has 0 spiro atoms. The van der Waals surface area contributed by atoms with Crippen molar-refractivity contribution in [1.29, 1.82) is 0 Å². The number of fused-ring (bicyclic) bond motifs is 1. The topological polar surface area (TPSA) is 67.2 Å². The van der Waals surface area contributed by atoms with Crippen molar-refractivity contribution in [3.63, 3.8) is 0 Å². The zero-order valence-corrected chi connectivity index (χ0v) is 13.3. The summed E-state index contributed by atoms with van der Waals surface area (Å²) in [6, 6.07) is 8.00. The van der Waals surface area contributed by atoms with Crippen LogP contribution in [0.25, 0.3) is 11.0 Å². The van der Waals surface area contributed by atoms with Gasteiger partial charge in [0, 0.05) is 5.92 Å². The summed E-state index contributed by atoms with van der Waals surface area (Å²) >= 11 is 0. The van der Waals surface area contributed by atoms with Crippen molar-refractivity contribution >= 4 is 16.9 Å². The van der Waals surface area contributed by atoms with Crippen molar-refractivity contribution in [2.24, 2.45) is 0 Å². The first-order chi connectivity index (χ1) is 11.2. The average Bonchev–Trinajstić information content (AvgIpc) is 3.20. The van der Waals surface area contributed by atoms with E-state index in [9.17, 15) is 9.90 Å². The maximum Gasteiger partial charge on any atom is 0.240 e. The van der Waals surface area contributed by atoms with Gasteiger partial charge >= 0.3 is 0 Å². The highest BCUT2D eigenvalue weighted by Gasteiger charge is 2.35. The number of carbonyl (C=O) groups excluding carboxylic acids is 1. The van der Waals surface area contributed by atoms with Crippen molar-refractivity contribution in [3.05, 3.63) is 30.1 Å². The molecule has 0 bridgehead atoms. The van der Waals surface area contributed by atoms with Gasteiger partial charge in [0.25, 0.3) is 0 Å². The summed E-state index contributed by atoms with van der Waals surface area (Å²) in [5.41, 5.74) is 1.57. The van der Waals surface area contributed by atoms with E-state index in [4.69, 9.17) is 4.98 Å². The zero-order valence-electron chi connectivity index (χ0n) is 13.3. The maximum absolute atomic E-state index is 12.6. The van der Waals surface area contributed by atoms with Crippen LogP contribution in [0, 0.1) is 0 Å². The van der Waals surface area contributed by atoms with Crippen molar-refractivity contribution in [2.75, 3.05) is 6.61 Å². The molecule has 5 heteroatoms. The molecule has 5 nitrogen and oxygen atoms in total. The van der Waals surface area contributed by atoms with Gasteiger partial charge in [0.1, 0.15) is 12.4 Å². The van der Waals surface area contributed by atoms with E-state index in [1.165, 1.54) is 0 Å². The Kier molecular flexibility index (Phi) is 3.60. The number of rotatable bonds is 5. The highest BCUT2D eigenvalue weighted by molar-refractivity contribution is 5.81. The SMILES string of the molecule is O=C(Cn1c(C2CC2)nc2ccccc21)NC1(CO)CCCC1. The summed E-state index contributed by atoms with van der Waals surface area (Å²) in [4.78, 5) is 17.3. The van der Waals surface area contributed by atoms with E-state index < -0.39 is 5.54 Å². The molecule has 2 aromatic rings. The molecule has 1 heterocycles. The fraction of sp³-hybridized carbons (Fsp3) is 0.556. The van der Waals surface area contributed by atoms with E-state index in [0.29, 0.717) is 5.92 Å². The van der Waals surface area contributed by atoms with Gasteiger partial charge in [0.2, 0.25) is 5.91 Å². The number of hydrogen-bond acceptors (Lipinski definition) is 3. The Bertz CT molecular complexity index is 727. The first-order valence-corrected chi connectivity index (χ1v) is 8.58. The van der Waals surface area contributed by atoms with Crippen LogP contribution in [0.3, 0.4) is 0 Å². The Labute approximate surface area is 135 Å². The number of nitrogens with zero attached hydrogens (tertiary/aromatic N) is 2. The molecule has 23 heavy (non-hydrogen) atoms. The molecule has 2 saturated carbocycles. The van der Waals surface area contributed by atoms with E-state index in [1.807, 2.05) is 24.3 Å². The molecule has 1 aromatic heterocycles. The molecule has 2 fully saturated rings. The van der Waals surface area contributed by atoms with Crippen LogP contribution in [0.15, 0.2) is 24.3 Å². The largest absolute Gasteiger partial charge is 0.394 e. The third-order valence-electron chi connectivity index (χ3n) is 5.20. The standard InChI is InChI=1S/C18H23N3O2/c22-12-18(9-3-4-10-18)20-16(23)11-21-15-6-2-1-5-14(15)19-17(21)13-7-8-13/h1-2,5-6,13,22H,3-4,7-12H2,(H,20,23). The summed E-state index contributed by atoms with van der Waals surface area (Å²) in [5.74, 6) is 1.50. The predicted molar refractivity (Wildman–Crippen MR) is 88.1 cm³/mol. The fourth-order valence-electron chi connectivity index (χ4n) is 3.77. The molecule has 2 aliphatic rings. The molecule has 0 atom stereocenters. The van der Waals surface area contributed by atoms with E-state index in [0.717, 1.165) is 55.4 Å². The third-order valence-corrected chi connectivity index (χ3v) is 5.20. The molecule has 0 saturated heterocycles. The van der Waals surface area contributed by atoms with Crippen molar-refractivity contribution < 1.29 is 9.90 Å². The van der Waals surface area contributed by atoms with Crippen LogP contribution >= 0.6 is 0 Å². The molecule has 1 amide bonds. The Hall–Kier alpha value is -1.88. The third kappa shape index (κ3) is 2.74. The fourth-order valence-corrected chi connectivity index (χ4v) is 3.77. The number of benzene rings is 1. The molecule has 0 unspecified atom stereocenters. The number of carbonyl (C=O) groups is 1. The van der Waals surface area contributed by atoms with E-state index in [2.05, 4.69) is 9.88 Å². The lowest BCUT2D eigenvalue weighted by Crippen LogP contribution is -2.50. The van der Waals surface area contributed by atoms with E-state index in [1.54, 1.807) is 0 Å². The van der Waals surface area contributed by atoms with Gasteiger partial charge in [-0.2, -0.15) is 0 Å². The van der Waals surface area contributed by atoms with Gasteiger partial charge in [-0.15, -0.1) is 0 Å². The highest BCUT2D eigenvalue weighted by Crippen LogP contribution is 2.40. The molecule has 1 aromatic carbocycles. The number of nitrogens with one attached hydrogen (secondary N) is 1. The molecule has 122 valence electrons. The van der Waals surface area contributed by atoms with Crippen molar-refractivity contribution in [3.8, 4) is 0 Å². The summed E-state index contributed by atoms with van der Waals surface area (Å²) < 4.78 is 2.06. The molecule has 0 radical (unpaired) electrons. The lowest BCUT2D eigenvalue weighted by atomic mass is 9.99. The highest BCUT2D eigenvalue weighted by atomic mass is 16.3. The number of aliphatic hydroxyl groups excluding tert-OH is 1. The second-order valence-corrected chi connectivity index (χ2v) is 7.01. The number of para-hydroxylation sites is 2. The van der Waals surface area contributed by atoms with Crippen LogP contribution in [-0.4, -0.2) is 32.7 Å². The molecule has 0 aliphatic heterocycles. The van der Waals surface area contributed by atoms with Gasteiger partial charge in [0.05, 0.1) is 23.2 Å². The minimum atomic E-state index is -0.410. The summed E-state index contributed by atoms with van der Waals surface area (Å²) in [7, 11) is 0. The van der Waals surface area contributed by atoms with Crippen molar-refractivity contribution in [1.82, 2.24) is 14.9 Å². The zero-order chi connectivity index (χ0) is 15.9. The summed E-state index contributed by atoms with van der Waals surface area (Å²) in [5, 5.41) is 12.8. The number of aromatic nitrogens is 2. The smallest absolute Gasteiger partial charge is 0.240 e. The Morgan fingerprint density at radius 2 is 2.04 bits per heavy atom. The van der Waals surface area contributed by atoms with Gasteiger partial charge in [-0.3, -0.25) is 4.79 Å². The Balaban J connectivity index is 1.59. The maximum atomic E-state index is 12.6. The molecular weight excluding hydrogens is 290 g/mol. The second-order valence-electron chi connectivity index (χ2n) is 7.01. The lowest BCUT2D eigenvalue weighted by Gasteiger charge is -2.28. The molecule has 4 rings (SSSR count). The van der Waals surface area contributed by atoms with Gasteiger partial charge in [-0.05, 0) is 37.8 Å². The minimum absolute atomic E-state index is 0.0222. The summed E-state index contributed by atoms with van der Waals surface area (Å²) in [6.45, 7) is 0.312. The lowest BCUT2D eigenvalue weighted by molar-refractivity contribution is -0.124. The van der Waals surface area contributed by atoms with Crippen molar-refractivity contribution in [2.45, 2.75) is 56.5 Å². The Morgan fingerprint density at radius 3 is 2.74 bits per heavy atom. The first kappa shape index (κ1) is 14.7. The number of aliphatic hydroxyl groups is 1. The number of hydrogen-bond donors (Lipinski definition) is 2. The quantitative estimate of drug-likeness (QED) is 0.890. The molecule has 2 aliphatic carbocycles. The van der Waals surface area contributed by atoms with Crippen LogP contribution in [0.4, 0.5) is 0 Å². The van der Waals surface area contributed by atoms with Gasteiger partial charge in [-0.25, -0.2) is 4.98 Å². The van der Waals surface area contributed by atoms with Crippen LogP contribution in [0.2, 0.25) is 0 Å². The van der Waals surface area contributed by atoms with Gasteiger partial charge in [-0.1, -0.05) is 25.0 Å². The second kappa shape index (κ2) is 5.64. The average molecular weight is 313 g/mol. The Morgan fingerprint density at radius 1 is 1.30 bits per heavy atom. The molecular formula is C18H23N3O2. The number of imidazole rings is 1. The molecule has 2 N–H and O–H groups in total.